The number of alkyl halides is 3. The molecular weight excluding hydrogens is 533 g/mol. The minimum absolute atomic E-state index is 0. The molecular formula is C28H38ClF3N4OS. The number of piperidine rings is 1. The molecule has 0 spiro atoms. The van der Waals surface area contributed by atoms with Gasteiger partial charge in [0, 0.05) is 66.5 Å². The summed E-state index contributed by atoms with van der Waals surface area (Å²) in [6.07, 6.45) is 4.18. The fourth-order valence-corrected chi connectivity index (χ4v) is 5.64. The maximum absolute atomic E-state index is 12.8. The lowest BCUT2D eigenvalue weighted by atomic mass is 10.0. The highest BCUT2D eigenvalue weighted by Crippen LogP contribution is 2.37. The van der Waals surface area contributed by atoms with Gasteiger partial charge in [0.2, 0.25) is 5.91 Å². The van der Waals surface area contributed by atoms with Gasteiger partial charge in [-0.25, -0.2) is 0 Å². The number of anilines is 2. The van der Waals surface area contributed by atoms with E-state index in [4.69, 9.17) is 11.6 Å². The van der Waals surface area contributed by atoms with Crippen molar-refractivity contribution in [1.29, 1.82) is 0 Å². The Morgan fingerprint density at radius 2 is 1.63 bits per heavy atom. The van der Waals surface area contributed by atoms with Crippen molar-refractivity contribution in [1.82, 2.24) is 9.80 Å². The second-order valence-corrected chi connectivity index (χ2v) is 11.2. The Kier molecular flexibility index (Phi) is 11.5. The number of benzene rings is 2. The second-order valence-electron chi connectivity index (χ2n) is 9.63. The van der Waals surface area contributed by atoms with Gasteiger partial charge in [-0.3, -0.25) is 4.79 Å². The molecule has 2 aliphatic rings. The van der Waals surface area contributed by atoms with Crippen LogP contribution in [0.5, 0.6) is 0 Å². The predicted octanol–water partition coefficient (Wildman–Crippen LogP) is 6.98. The fourth-order valence-electron chi connectivity index (χ4n) is 4.98. The SMILES string of the molecule is C.O=C(CCCN1CCCN(c2ccc(Cl)cc2)CC1)N1CCC(Nc2ccc(SC(F)(F)F)cc2)CC1. The lowest BCUT2D eigenvalue weighted by molar-refractivity contribution is -0.132. The molecule has 2 aromatic rings. The molecule has 210 valence electrons. The molecule has 2 saturated heterocycles. The van der Waals surface area contributed by atoms with Crippen LogP contribution < -0.4 is 10.2 Å². The number of halogens is 4. The Morgan fingerprint density at radius 1 is 0.947 bits per heavy atom. The molecule has 2 aromatic carbocycles. The third-order valence-electron chi connectivity index (χ3n) is 6.95. The van der Waals surface area contributed by atoms with Crippen LogP contribution in [-0.2, 0) is 4.79 Å². The summed E-state index contributed by atoms with van der Waals surface area (Å²) < 4.78 is 37.5. The van der Waals surface area contributed by atoms with E-state index < -0.39 is 5.51 Å². The molecule has 4 rings (SSSR count). The summed E-state index contributed by atoms with van der Waals surface area (Å²) in [5, 5.41) is 4.15. The number of carbonyl (C=O) groups is 1. The topological polar surface area (TPSA) is 38.8 Å². The number of nitrogens with one attached hydrogen (secondary N) is 1. The molecule has 0 aromatic heterocycles. The van der Waals surface area contributed by atoms with Crippen molar-refractivity contribution in [2.24, 2.45) is 0 Å². The maximum atomic E-state index is 12.8. The summed E-state index contributed by atoms with van der Waals surface area (Å²) in [7, 11) is 0. The number of amides is 1. The number of thioether (sulfide) groups is 1. The summed E-state index contributed by atoms with van der Waals surface area (Å²) in [6, 6.07) is 14.6. The predicted molar refractivity (Wildman–Crippen MR) is 152 cm³/mol. The van der Waals surface area contributed by atoms with Crippen LogP contribution in [0, 0.1) is 0 Å². The van der Waals surface area contributed by atoms with Crippen molar-refractivity contribution in [2.75, 3.05) is 56.0 Å². The van der Waals surface area contributed by atoms with Gasteiger partial charge in [-0.2, -0.15) is 13.2 Å². The number of rotatable bonds is 8. The van der Waals surface area contributed by atoms with E-state index in [1.165, 1.54) is 17.8 Å². The van der Waals surface area contributed by atoms with Crippen molar-refractivity contribution < 1.29 is 18.0 Å². The van der Waals surface area contributed by atoms with Crippen LogP contribution in [0.15, 0.2) is 53.4 Å². The number of carbonyl (C=O) groups excluding carboxylic acids is 1. The first-order valence-electron chi connectivity index (χ1n) is 12.9. The highest BCUT2D eigenvalue weighted by atomic mass is 35.5. The van der Waals surface area contributed by atoms with Gasteiger partial charge in [0.05, 0.1) is 0 Å². The van der Waals surface area contributed by atoms with E-state index in [1.54, 1.807) is 12.1 Å². The van der Waals surface area contributed by atoms with Crippen molar-refractivity contribution >= 4 is 40.6 Å². The van der Waals surface area contributed by atoms with Crippen molar-refractivity contribution in [3.05, 3.63) is 53.6 Å². The van der Waals surface area contributed by atoms with Crippen LogP contribution >= 0.6 is 23.4 Å². The van der Waals surface area contributed by atoms with Gasteiger partial charge < -0.3 is 20.0 Å². The Bertz CT molecular complexity index is 999. The van der Waals surface area contributed by atoms with Crippen molar-refractivity contribution in [2.45, 2.75) is 56.0 Å². The largest absolute Gasteiger partial charge is 0.446 e. The Hall–Kier alpha value is -2.10. The molecule has 10 heteroatoms. The zero-order valence-corrected chi connectivity index (χ0v) is 22.4. The molecule has 0 unspecified atom stereocenters. The summed E-state index contributed by atoms with van der Waals surface area (Å²) >= 11 is 5.91. The molecule has 38 heavy (non-hydrogen) atoms. The molecule has 0 radical (unpaired) electrons. The first kappa shape index (κ1) is 30.4. The van der Waals surface area contributed by atoms with Crippen LogP contribution in [0.25, 0.3) is 0 Å². The summed E-state index contributed by atoms with van der Waals surface area (Å²) in [4.78, 5) is 19.7. The molecule has 0 saturated carbocycles. The molecule has 5 nitrogen and oxygen atoms in total. The molecule has 2 aliphatic heterocycles. The molecule has 1 amide bonds. The van der Waals surface area contributed by atoms with Gasteiger partial charge in [-0.1, -0.05) is 19.0 Å². The molecule has 0 atom stereocenters. The lowest BCUT2D eigenvalue weighted by Gasteiger charge is -2.33. The van der Waals surface area contributed by atoms with Gasteiger partial charge in [0.25, 0.3) is 0 Å². The first-order chi connectivity index (χ1) is 17.7. The highest BCUT2D eigenvalue weighted by molar-refractivity contribution is 8.00. The average Bonchev–Trinajstić information content (AvgIpc) is 3.11. The number of hydrogen-bond donors (Lipinski definition) is 1. The molecule has 0 bridgehead atoms. The number of likely N-dealkylation sites (tertiary alicyclic amines) is 1. The van der Waals surface area contributed by atoms with Gasteiger partial charge in [0.15, 0.2) is 0 Å². The van der Waals surface area contributed by atoms with Crippen LogP contribution in [0.1, 0.15) is 39.5 Å². The summed E-state index contributed by atoms with van der Waals surface area (Å²) in [6.45, 7) is 6.38. The minimum Gasteiger partial charge on any atom is -0.382 e. The first-order valence-corrected chi connectivity index (χ1v) is 14.1. The Labute approximate surface area is 233 Å². The minimum atomic E-state index is -4.28. The molecule has 2 heterocycles. The smallest absolute Gasteiger partial charge is 0.382 e. The Balaban J connectivity index is 0.00000400. The van der Waals surface area contributed by atoms with Crippen LogP contribution in [-0.4, -0.2) is 73.1 Å². The van der Waals surface area contributed by atoms with Crippen LogP contribution in [0.2, 0.25) is 5.02 Å². The summed E-state index contributed by atoms with van der Waals surface area (Å²) in [5.74, 6) is 0.213. The Morgan fingerprint density at radius 3 is 2.29 bits per heavy atom. The maximum Gasteiger partial charge on any atom is 0.446 e. The van der Waals surface area contributed by atoms with Gasteiger partial charge >= 0.3 is 5.51 Å². The summed E-state index contributed by atoms with van der Waals surface area (Å²) in [5.41, 5.74) is -2.26. The quantitative estimate of drug-likeness (QED) is 0.347. The van der Waals surface area contributed by atoms with E-state index in [1.807, 2.05) is 17.0 Å². The zero-order chi connectivity index (χ0) is 26.3. The van der Waals surface area contributed by atoms with Gasteiger partial charge in [0.1, 0.15) is 0 Å². The molecule has 1 N–H and O–H groups in total. The lowest BCUT2D eigenvalue weighted by Crippen LogP contribution is -2.42. The van der Waals surface area contributed by atoms with Crippen molar-refractivity contribution in [3.63, 3.8) is 0 Å². The van der Waals surface area contributed by atoms with E-state index in [0.717, 1.165) is 69.1 Å². The standard InChI is InChI=1S/C27H34ClF3N4OS.CH4/c28-21-4-8-24(9-5-21)34-16-2-15-33(19-20-34)14-1-3-26(36)35-17-12-23(13-18-35)32-22-6-10-25(11-7-22)37-27(29,30)31;/h4-11,23,32H,1-3,12-20H2;1H4. The number of hydrogen-bond acceptors (Lipinski definition) is 5. The van der Waals surface area contributed by atoms with E-state index in [2.05, 4.69) is 27.2 Å². The molecule has 2 fully saturated rings. The fraction of sp³-hybridized carbons (Fsp3) is 0.536. The third kappa shape index (κ3) is 9.58. The van der Waals surface area contributed by atoms with Gasteiger partial charge in [-0.15, -0.1) is 0 Å². The van der Waals surface area contributed by atoms with Crippen LogP contribution in [0.4, 0.5) is 24.5 Å². The van der Waals surface area contributed by atoms with Crippen LogP contribution in [0.3, 0.4) is 0 Å². The van der Waals surface area contributed by atoms with Gasteiger partial charge in [-0.05, 0) is 99.1 Å². The van der Waals surface area contributed by atoms with E-state index in [0.29, 0.717) is 19.5 Å². The number of nitrogens with zero attached hydrogens (tertiary/aromatic N) is 3. The molecule has 0 aliphatic carbocycles. The second kappa shape index (κ2) is 14.3. The van der Waals surface area contributed by atoms with E-state index in [9.17, 15) is 18.0 Å². The monoisotopic (exact) mass is 570 g/mol. The highest BCUT2D eigenvalue weighted by Gasteiger charge is 2.29. The normalized spacial score (nSPS) is 17.6. The third-order valence-corrected chi connectivity index (χ3v) is 7.94. The zero-order valence-electron chi connectivity index (χ0n) is 20.9. The van der Waals surface area contributed by atoms with E-state index in [-0.39, 0.29) is 36.0 Å². The average molecular weight is 571 g/mol. The van der Waals surface area contributed by atoms with E-state index >= 15 is 0 Å². The van der Waals surface area contributed by atoms with Crippen molar-refractivity contribution in [3.8, 4) is 0 Å².